The first-order valence-electron chi connectivity index (χ1n) is 9.99. The van der Waals surface area contributed by atoms with Gasteiger partial charge in [-0.05, 0) is 50.3 Å². The van der Waals surface area contributed by atoms with E-state index in [2.05, 4.69) is 0 Å². The van der Waals surface area contributed by atoms with Crippen molar-refractivity contribution in [1.82, 2.24) is 9.21 Å². The summed E-state index contributed by atoms with van der Waals surface area (Å²) < 4.78 is 32.9. The summed E-state index contributed by atoms with van der Waals surface area (Å²) in [4.78, 5) is 14.9. The predicted molar refractivity (Wildman–Crippen MR) is 109 cm³/mol. The number of hydrogen-bond acceptors (Lipinski definition) is 4. The third kappa shape index (κ3) is 4.53. The minimum absolute atomic E-state index is 0.0867. The maximum absolute atomic E-state index is 13.0. The third-order valence-electron chi connectivity index (χ3n) is 5.77. The smallest absolute Gasteiger partial charge is 0.243 e. The monoisotopic (exact) mass is 428 g/mol. The number of benzene rings is 1. The first-order valence-corrected chi connectivity index (χ1v) is 11.8. The van der Waals surface area contributed by atoms with E-state index >= 15 is 0 Å². The molecule has 0 unspecified atom stereocenters. The molecule has 1 aromatic carbocycles. The summed E-state index contributed by atoms with van der Waals surface area (Å²) in [6, 6.07) is 5.15. The molecule has 0 spiro atoms. The summed E-state index contributed by atoms with van der Waals surface area (Å²) in [6.07, 6.45) is 3.49. The molecular weight excluding hydrogens is 400 g/mol. The van der Waals surface area contributed by atoms with Gasteiger partial charge >= 0.3 is 0 Å². The number of halogens is 1. The summed E-state index contributed by atoms with van der Waals surface area (Å²) >= 11 is 6.12. The number of aryl methyl sites for hydroxylation is 1. The summed E-state index contributed by atoms with van der Waals surface area (Å²) in [5.41, 5.74) is 0.851. The van der Waals surface area contributed by atoms with E-state index in [4.69, 9.17) is 16.3 Å². The van der Waals surface area contributed by atoms with Gasteiger partial charge in [0.25, 0.3) is 0 Å². The van der Waals surface area contributed by atoms with Crippen LogP contribution in [0.2, 0.25) is 5.02 Å². The number of rotatable bonds is 5. The van der Waals surface area contributed by atoms with Gasteiger partial charge in [0, 0.05) is 49.8 Å². The Morgan fingerprint density at radius 3 is 2.36 bits per heavy atom. The van der Waals surface area contributed by atoms with Gasteiger partial charge in [0.2, 0.25) is 15.9 Å². The normalized spacial score (nSPS) is 20.2. The number of amides is 1. The number of carbonyl (C=O) groups is 1. The Morgan fingerprint density at radius 1 is 1.18 bits per heavy atom. The maximum Gasteiger partial charge on any atom is 0.243 e. The summed E-state index contributed by atoms with van der Waals surface area (Å²) in [6.45, 7) is 5.92. The van der Waals surface area contributed by atoms with Crippen LogP contribution < -0.4 is 0 Å². The summed E-state index contributed by atoms with van der Waals surface area (Å²) in [5.74, 6) is 0.151. The summed E-state index contributed by atoms with van der Waals surface area (Å²) in [7, 11) is -3.58. The molecule has 3 rings (SSSR count). The number of hydrogen-bond donors (Lipinski definition) is 0. The lowest BCUT2D eigenvalue weighted by Crippen LogP contribution is -2.53. The molecule has 2 saturated heterocycles. The van der Waals surface area contributed by atoms with Gasteiger partial charge in [0.05, 0.1) is 4.90 Å². The lowest BCUT2D eigenvalue weighted by Gasteiger charge is -2.43. The van der Waals surface area contributed by atoms with Crippen LogP contribution in [0.15, 0.2) is 23.1 Å². The van der Waals surface area contributed by atoms with Gasteiger partial charge in [0.15, 0.2) is 0 Å². The minimum Gasteiger partial charge on any atom is -0.381 e. The fourth-order valence-electron chi connectivity index (χ4n) is 4.10. The Balaban J connectivity index is 1.71. The highest BCUT2D eigenvalue weighted by atomic mass is 35.5. The molecule has 0 bridgehead atoms. The van der Waals surface area contributed by atoms with Crippen LogP contribution in [-0.4, -0.2) is 61.9 Å². The second-order valence-electron chi connectivity index (χ2n) is 7.54. The maximum atomic E-state index is 13.0. The van der Waals surface area contributed by atoms with E-state index in [0.29, 0.717) is 50.6 Å². The second-order valence-corrected chi connectivity index (χ2v) is 9.89. The standard InChI is InChI=1S/C20H29ClN2O4S/c1-3-20(24)23(17-8-12-27-13-9-17)16-6-10-22(11-7-16)28(25,26)18-5-4-15(2)19(21)14-18/h4-5,14,16-17H,3,6-13H2,1-2H3. The Labute approximate surface area is 172 Å². The van der Waals surface area contributed by atoms with E-state index in [9.17, 15) is 13.2 Å². The van der Waals surface area contributed by atoms with Crippen molar-refractivity contribution in [2.75, 3.05) is 26.3 Å². The Morgan fingerprint density at radius 2 is 1.79 bits per heavy atom. The Hall–Kier alpha value is -1.15. The van der Waals surface area contributed by atoms with E-state index in [0.717, 1.165) is 18.4 Å². The highest BCUT2D eigenvalue weighted by Crippen LogP contribution is 2.29. The quantitative estimate of drug-likeness (QED) is 0.722. The van der Waals surface area contributed by atoms with E-state index in [1.165, 1.54) is 10.4 Å². The molecule has 0 atom stereocenters. The highest BCUT2D eigenvalue weighted by Gasteiger charge is 2.36. The van der Waals surface area contributed by atoms with Gasteiger partial charge in [-0.3, -0.25) is 4.79 Å². The van der Waals surface area contributed by atoms with Gasteiger partial charge in [0.1, 0.15) is 0 Å². The number of carbonyl (C=O) groups excluding carboxylic acids is 1. The molecule has 0 N–H and O–H groups in total. The largest absolute Gasteiger partial charge is 0.381 e. The molecule has 1 amide bonds. The molecule has 28 heavy (non-hydrogen) atoms. The molecular formula is C20H29ClN2O4S. The summed E-state index contributed by atoms with van der Waals surface area (Å²) in [5, 5.41) is 0.454. The van der Waals surface area contributed by atoms with Crippen LogP contribution in [-0.2, 0) is 19.6 Å². The lowest BCUT2D eigenvalue weighted by molar-refractivity contribution is -0.139. The molecule has 2 fully saturated rings. The first kappa shape index (κ1) is 21.6. The molecule has 2 aliphatic heterocycles. The minimum atomic E-state index is -3.58. The van der Waals surface area contributed by atoms with Crippen molar-refractivity contribution in [3.8, 4) is 0 Å². The van der Waals surface area contributed by atoms with Crippen LogP contribution in [0.3, 0.4) is 0 Å². The third-order valence-corrected chi connectivity index (χ3v) is 8.07. The highest BCUT2D eigenvalue weighted by molar-refractivity contribution is 7.89. The van der Waals surface area contributed by atoms with Gasteiger partial charge < -0.3 is 9.64 Å². The average molecular weight is 429 g/mol. The molecule has 0 radical (unpaired) electrons. The molecule has 1 aromatic rings. The zero-order valence-corrected chi connectivity index (χ0v) is 18.1. The first-order chi connectivity index (χ1) is 13.3. The van der Waals surface area contributed by atoms with E-state index in [1.807, 2.05) is 18.7 Å². The Bertz CT molecular complexity index is 800. The zero-order chi connectivity index (χ0) is 20.3. The van der Waals surface area contributed by atoms with Gasteiger partial charge in [-0.2, -0.15) is 4.31 Å². The average Bonchev–Trinajstić information content (AvgIpc) is 2.71. The Kier molecular flexibility index (Phi) is 7.02. The van der Waals surface area contributed by atoms with Crippen molar-refractivity contribution in [3.05, 3.63) is 28.8 Å². The van der Waals surface area contributed by atoms with Crippen LogP contribution in [0, 0.1) is 6.92 Å². The van der Waals surface area contributed by atoms with Crippen LogP contribution >= 0.6 is 11.6 Å². The fraction of sp³-hybridized carbons (Fsp3) is 0.650. The van der Waals surface area contributed by atoms with Crippen LogP contribution in [0.25, 0.3) is 0 Å². The van der Waals surface area contributed by atoms with E-state index in [-0.39, 0.29) is 22.9 Å². The van der Waals surface area contributed by atoms with Gasteiger partial charge in [-0.25, -0.2) is 8.42 Å². The number of sulfonamides is 1. The van der Waals surface area contributed by atoms with Gasteiger partial charge in [-0.15, -0.1) is 0 Å². The molecule has 0 aromatic heterocycles. The topological polar surface area (TPSA) is 66.9 Å². The van der Waals surface area contributed by atoms with Crippen molar-refractivity contribution in [2.45, 2.75) is 62.9 Å². The zero-order valence-electron chi connectivity index (χ0n) is 16.6. The number of piperidine rings is 1. The number of nitrogens with zero attached hydrogens (tertiary/aromatic N) is 2. The molecule has 6 nitrogen and oxygen atoms in total. The van der Waals surface area contributed by atoms with Crippen molar-refractivity contribution in [3.63, 3.8) is 0 Å². The molecule has 156 valence electrons. The number of ether oxygens (including phenoxy) is 1. The van der Waals surface area contributed by atoms with Crippen LogP contribution in [0.5, 0.6) is 0 Å². The SMILES string of the molecule is CCC(=O)N(C1CCOCC1)C1CCN(S(=O)(=O)c2ccc(C)c(Cl)c2)CC1. The van der Waals surface area contributed by atoms with Gasteiger partial charge in [-0.1, -0.05) is 24.6 Å². The molecule has 8 heteroatoms. The molecule has 0 saturated carbocycles. The predicted octanol–water partition coefficient (Wildman–Crippen LogP) is 3.22. The van der Waals surface area contributed by atoms with E-state index in [1.54, 1.807) is 12.1 Å². The van der Waals surface area contributed by atoms with Crippen molar-refractivity contribution in [1.29, 1.82) is 0 Å². The molecule has 0 aliphatic carbocycles. The second kappa shape index (κ2) is 9.11. The molecule has 2 aliphatic rings. The van der Waals surface area contributed by atoms with Crippen molar-refractivity contribution < 1.29 is 17.9 Å². The van der Waals surface area contributed by atoms with E-state index < -0.39 is 10.0 Å². The lowest BCUT2D eigenvalue weighted by atomic mass is 9.98. The van der Waals surface area contributed by atoms with Crippen molar-refractivity contribution >= 4 is 27.5 Å². The molecule has 2 heterocycles. The van der Waals surface area contributed by atoms with Crippen LogP contribution in [0.4, 0.5) is 0 Å². The van der Waals surface area contributed by atoms with Crippen molar-refractivity contribution in [2.24, 2.45) is 0 Å². The fourth-order valence-corrected chi connectivity index (χ4v) is 5.84. The van der Waals surface area contributed by atoms with Crippen LogP contribution in [0.1, 0.15) is 44.6 Å².